The van der Waals surface area contributed by atoms with Crippen molar-refractivity contribution in [1.82, 2.24) is 16.0 Å². The molecule has 0 saturated carbocycles. The summed E-state index contributed by atoms with van der Waals surface area (Å²) in [5.74, 6) is -1.07. The third kappa shape index (κ3) is 7.91. The minimum Gasteiger partial charge on any atom is -0.357 e. The van der Waals surface area contributed by atoms with Gasteiger partial charge in [0.15, 0.2) is 5.78 Å². The summed E-state index contributed by atoms with van der Waals surface area (Å²) in [6.07, 6.45) is 0.619. The summed E-state index contributed by atoms with van der Waals surface area (Å²) in [7, 11) is 1.46. The number of hydrogen-bond acceptors (Lipinski definition) is 4. The van der Waals surface area contributed by atoms with E-state index in [-0.39, 0.29) is 42.9 Å². The molecule has 7 nitrogen and oxygen atoms in total. The number of carbonyl (C=O) groups is 4. The summed E-state index contributed by atoms with van der Waals surface area (Å²) in [5, 5.41) is 7.34. The van der Waals surface area contributed by atoms with Crippen LogP contribution >= 0.6 is 0 Å². The summed E-state index contributed by atoms with van der Waals surface area (Å²) in [5.41, 5.74) is 0. The highest BCUT2D eigenvalue weighted by Gasteiger charge is 2.19. The Balaban J connectivity index is 4.16. The van der Waals surface area contributed by atoms with Gasteiger partial charge >= 0.3 is 0 Å². The number of hydrogen-bond donors (Lipinski definition) is 3. The number of Topliss-reactive ketones (excluding diaryl/α,β-unsaturated/α-hetero) is 1. The highest BCUT2D eigenvalue weighted by molar-refractivity contribution is 5.88. The number of ketones is 1. The first kappa shape index (κ1) is 17.1. The highest BCUT2D eigenvalue weighted by atomic mass is 16.2. The standard InChI is InChI=1S/C12H21N3O4/c1-4-9(17)7-14-11(18)6-5-10(12(19)13-3)15-8(2)16/h10H,4-7H2,1-3H3,(H,13,19)(H,14,18)(H,15,16). The lowest BCUT2D eigenvalue weighted by Gasteiger charge is -2.15. The van der Waals surface area contributed by atoms with Crippen LogP contribution in [0.4, 0.5) is 0 Å². The Hall–Kier alpha value is -1.92. The number of carbonyl (C=O) groups excluding carboxylic acids is 4. The molecule has 0 aromatic rings. The molecule has 0 aliphatic rings. The lowest BCUT2D eigenvalue weighted by Crippen LogP contribution is -2.45. The van der Waals surface area contributed by atoms with Crippen molar-refractivity contribution in [3.05, 3.63) is 0 Å². The third-order valence-electron chi connectivity index (χ3n) is 2.48. The second-order valence-electron chi connectivity index (χ2n) is 4.07. The van der Waals surface area contributed by atoms with Crippen molar-refractivity contribution in [2.75, 3.05) is 13.6 Å². The van der Waals surface area contributed by atoms with E-state index in [4.69, 9.17) is 0 Å². The van der Waals surface area contributed by atoms with Gasteiger partial charge in [-0.15, -0.1) is 0 Å². The van der Waals surface area contributed by atoms with Gasteiger partial charge in [0.1, 0.15) is 6.04 Å². The largest absolute Gasteiger partial charge is 0.357 e. The second kappa shape index (κ2) is 9.07. The molecule has 0 radical (unpaired) electrons. The zero-order valence-electron chi connectivity index (χ0n) is 11.5. The van der Waals surface area contributed by atoms with Crippen molar-refractivity contribution in [3.8, 4) is 0 Å². The molecule has 0 aromatic heterocycles. The summed E-state index contributed by atoms with van der Waals surface area (Å²) in [4.78, 5) is 44.9. The Morgan fingerprint density at radius 1 is 1.16 bits per heavy atom. The molecule has 0 heterocycles. The molecule has 0 spiro atoms. The lowest BCUT2D eigenvalue weighted by molar-refractivity contribution is -0.129. The zero-order chi connectivity index (χ0) is 14.8. The quantitative estimate of drug-likeness (QED) is 0.533. The van der Waals surface area contributed by atoms with Crippen molar-refractivity contribution < 1.29 is 19.2 Å². The Bertz CT molecular complexity index is 355. The van der Waals surface area contributed by atoms with Crippen LogP contribution in [0, 0.1) is 0 Å². The monoisotopic (exact) mass is 271 g/mol. The molecule has 3 amide bonds. The fraction of sp³-hybridized carbons (Fsp3) is 0.667. The molecule has 0 rings (SSSR count). The topological polar surface area (TPSA) is 104 Å². The predicted octanol–water partition coefficient (Wildman–Crippen LogP) is -0.887. The average Bonchev–Trinajstić information content (AvgIpc) is 2.39. The fourth-order valence-electron chi connectivity index (χ4n) is 1.37. The number of amides is 3. The molecule has 3 N–H and O–H groups in total. The van der Waals surface area contributed by atoms with Gasteiger partial charge in [-0.1, -0.05) is 6.92 Å². The van der Waals surface area contributed by atoms with Crippen LogP contribution < -0.4 is 16.0 Å². The average molecular weight is 271 g/mol. The van der Waals surface area contributed by atoms with Crippen molar-refractivity contribution in [3.63, 3.8) is 0 Å². The van der Waals surface area contributed by atoms with E-state index in [0.29, 0.717) is 6.42 Å². The summed E-state index contributed by atoms with van der Waals surface area (Å²) in [6.45, 7) is 3.02. The van der Waals surface area contributed by atoms with Gasteiger partial charge in [0.2, 0.25) is 17.7 Å². The molecule has 7 heteroatoms. The van der Waals surface area contributed by atoms with Crippen LogP contribution in [-0.2, 0) is 19.2 Å². The SMILES string of the molecule is CCC(=O)CNC(=O)CCC(NC(C)=O)C(=O)NC. The fourth-order valence-corrected chi connectivity index (χ4v) is 1.37. The molecule has 1 atom stereocenters. The molecular weight excluding hydrogens is 250 g/mol. The summed E-state index contributed by atoms with van der Waals surface area (Å²) in [6, 6.07) is -0.741. The van der Waals surface area contributed by atoms with E-state index in [1.807, 2.05) is 0 Å². The summed E-state index contributed by atoms with van der Waals surface area (Å²) < 4.78 is 0. The Morgan fingerprint density at radius 2 is 1.79 bits per heavy atom. The van der Waals surface area contributed by atoms with Crippen LogP contribution in [-0.4, -0.2) is 43.1 Å². The predicted molar refractivity (Wildman–Crippen MR) is 69.2 cm³/mol. The maximum Gasteiger partial charge on any atom is 0.242 e. The molecule has 1 unspecified atom stereocenters. The first-order valence-corrected chi connectivity index (χ1v) is 6.17. The van der Waals surface area contributed by atoms with E-state index >= 15 is 0 Å². The van der Waals surface area contributed by atoms with E-state index in [2.05, 4.69) is 16.0 Å². The van der Waals surface area contributed by atoms with E-state index < -0.39 is 6.04 Å². The first-order chi connectivity index (χ1) is 8.90. The van der Waals surface area contributed by atoms with Crippen LogP contribution in [0.3, 0.4) is 0 Å². The third-order valence-corrected chi connectivity index (χ3v) is 2.48. The number of rotatable bonds is 8. The minimum atomic E-state index is -0.741. The maximum absolute atomic E-state index is 11.5. The molecular formula is C12H21N3O4. The van der Waals surface area contributed by atoms with Gasteiger partial charge in [-0.25, -0.2) is 0 Å². The van der Waals surface area contributed by atoms with Gasteiger partial charge in [0.25, 0.3) is 0 Å². The molecule has 0 bridgehead atoms. The molecule has 0 aliphatic carbocycles. The number of likely N-dealkylation sites (N-methyl/N-ethyl adjacent to an activating group) is 1. The highest BCUT2D eigenvalue weighted by Crippen LogP contribution is 1.98. The molecule has 108 valence electrons. The Kier molecular flexibility index (Phi) is 8.15. The smallest absolute Gasteiger partial charge is 0.242 e. The molecule has 0 aliphatic heterocycles. The Morgan fingerprint density at radius 3 is 2.26 bits per heavy atom. The maximum atomic E-state index is 11.5. The van der Waals surface area contributed by atoms with E-state index in [9.17, 15) is 19.2 Å². The van der Waals surface area contributed by atoms with Crippen molar-refractivity contribution in [2.45, 2.75) is 39.2 Å². The Labute approximate surface area is 112 Å². The molecule has 0 aromatic carbocycles. The van der Waals surface area contributed by atoms with Gasteiger partial charge < -0.3 is 16.0 Å². The molecule has 0 saturated heterocycles. The van der Waals surface area contributed by atoms with Gasteiger partial charge in [0.05, 0.1) is 6.54 Å². The second-order valence-corrected chi connectivity index (χ2v) is 4.07. The van der Waals surface area contributed by atoms with E-state index in [0.717, 1.165) is 0 Å². The van der Waals surface area contributed by atoms with Gasteiger partial charge in [-0.2, -0.15) is 0 Å². The molecule has 19 heavy (non-hydrogen) atoms. The van der Waals surface area contributed by atoms with Crippen LogP contribution in [0.2, 0.25) is 0 Å². The number of nitrogens with one attached hydrogen (secondary N) is 3. The van der Waals surface area contributed by atoms with Gasteiger partial charge in [-0.3, -0.25) is 19.2 Å². The van der Waals surface area contributed by atoms with Gasteiger partial charge in [0, 0.05) is 26.8 Å². The molecule has 0 fully saturated rings. The summed E-state index contributed by atoms with van der Waals surface area (Å²) >= 11 is 0. The van der Waals surface area contributed by atoms with Crippen LogP contribution in [0.5, 0.6) is 0 Å². The normalized spacial score (nSPS) is 11.3. The van der Waals surface area contributed by atoms with Gasteiger partial charge in [-0.05, 0) is 6.42 Å². The van der Waals surface area contributed by atoms with Crippen molar-refractivity contribution in [2.24, 2.45) is 0 Å². The van der Waals surface area contributed by atoms with E-state index in [1.165, 1.54) is 14.0 Å². The minimum absolute atomic E-state index is 0.000110. The zero-order valence-corrected chi connectivity index (χ0v) is 11.5. The van der Waals surface area contributed by atoms with E-state index in [1.54, 1.807) is 6.92 Å². The van der Waals surface area contributed by atoms with Crippen LogP contribution in [0.1, 0.15) is 33.1 Å². The van der Waals surface area contributed by atoms with Crippen molar-refractivity contribution in [1.29, 1.82) is 0 Å². The van der Waals surface area contributed by atoms with Crippen LogP contribution in [0.15, 0.2) is 0 Å². The first-order valence-electron chi connectivity index (χ1n) is 6.17. The lowest BCUT2D eigenvalue weighted by atomic mass is 10.1. The van der Waals surface area contributed by atoms with Crippen molar-refractivity contribution >= 4 is 23.5 Å². The van der Waals surface area contributed by atoms with Crippen LogP contribution in [0.25, 0.3) is 0 Å².